The van der Waals surface area contributed by atoms with Gasteiger partial charge in [0, 0.05) is 13.1 Å². The summed E-state index contributed by atoms with van der Waals surface area (Å²) in [6, 6.07) is -3.82. The Kier molecular flexibility index (Phi) is 7.83. The molecule has 0 aliphatic carbocycles. The average Bonchev–Trinajstić information content (AvgIpc) is 2.75. The van der Waals surface area contributed by atoms with Gasteiger partial charge in [-0.25, -0.2) is 0 Å². The van der Waals surface area contributed by atoms with Crippen molar-refractivity contribution in [2.45, 2.75) is 69.2 Å². The maximum absolute atomic E-state index is 13.4. The van der Waals surface area contributed by atoms with Crippen LogP contribution in [-0.4, -0.2) is 122 Å². The van der Waals surface area contributed by atoms with Gasteiger partial charge in [-0.2, -0.15) is 0 Å². The Balaban J connectivity index is 2.39. The Bertz CT molecular complexity index is 762. The number of carbonyl (C=O) groups excluding carboxylic acids is 4. The topological polar surface area (TPSA) is 217 Å². The molecule has 2 heterocycles. The quantitative estimate of drug-likeness (QED) is 0.192. The Morgan fingerprint density at radius 2 is 1.53 bits per heavy atom. The van der Waals surface area contributed by atoms with Crippen LogP contribution in [0.15, 0.2) is 0 Å². The molecule has 2 fully saturated rings. The molecule has 2 rings (SSSR count). The van der Waals surface area contributed by atoms with Gasteiger partial charge >= 0.3 is 0 Å². The van der Waals surface area contributed by atoms with Crippen LogP contribution in [0.3, 0.4) is 0 Å². The second kappa shape index (κ2) is 9.67. The molecule has 9 N–H and O–H groups in total. The minimum Gasteiger partial charge on any atom is -0.391 e. The molecular formula is C19H34N6O7. The van der Waals surface area contributed by atoms with Crippen LogP contribution < -0.4 is 17.2 Å². The molecule has 0 bridgehead atoms. The highest BCUT2D eigenvalue weighted by Crippen LogP contribution is 2.36. The van der Waals surface area contributed by atoms with Crippen molar-refractivity contribution in [2.75, 3.05) is 26.2 Å². The summed E-state index contributed by atoms with van der Waals surface area (Å²) in [4.78, 5) is 54.5. The van der Waals surface area contributed by atoms with E-state index in [9.17, 15) is 34.5 Å². The van der Waals surface area contributed by atoms with Crippen LogP contribution in [0.1, 0.15) is 27.2 Å². The first kappa shape index (κ1) is 25.9. The predicted molar refractivity (Wildman–Crippen MR) is 111 cm³/mol. The number of nitrogens with two attached hydrogens (primary N) is 3. The normalized spacial score (nSPS) is 26.8. The van der Waals surface area contributed by atoms with Crippen LogP contribution in [0.25, 0.3) is 0 Å². The smallest absolute Gasteiger partial charge is 0.253 e. The Morgan fingerprint density at radius 3 is 1.97 bits per heavy atom. The van der Waals surface area contributed by atoms with Crippen molar-refractivity contribution < 1.29 is 34.5 Å². The molecular weight excluding hydrogens is 424 g/mol. The van der Waals surface area contributed by atoms with Crippen LogP contribution in [-0.2, 0) is 19.2 Å². The molecule has 13 nitrogen and oxygen atoms in total. The van der Waals surface area contributed by atoms with Crippen molar-refractivity contribution in [1.82, 2.24) is 14.7 Å². The van der Waals surface area contributed by atoms with Crippen LogP contribution in [0, 0.1) is 0 Å². The number of primary amides is 1. The number of hydrogen-bond acceptors (Lipinski definition) is 9. The number of likely N-dealkylation sites (tertiary alicyclic amines) is 1. The first-order valence-corrected chi connectivity index (χ1v) is 10.6. The van der Waals surface area contributed by atoms with E-state index in [4.69, 9.17) is 17.2 Å². The molecule has 1 spiro atoms. The number of hydrogen-bond donors (Lipinski definition) is 6. The Hall–Kier alpha value is -2.32. The van der Waals surface area contributed by atoms with Gasteiger partial charge in [-0.15, -0.1) is 0 Å². The molecule has 0 aromatic heterocycles. The first-order chi connectivity index (χ1) is 14.8. The molecule has 32 heavy (non-hydrogen) atoms. The lowest BCUT2D eigenvalue weighted by Crippen LogP contribution is -2.84. The number of β-lactam (4-membered cyclic amide) rings is 1. The lowest BCUT2D eigenvalue weighted by molar-refractivity contribution is -0.189. The maximum atomic E-state index is 13.4. The number of amides is 4. The highest BCUT2D eigenvalue weighted by Gasteiger charge is 2.63. The van der Waals surface area contributed by atoms with E-state index < -0.39 is 65.6 Å². The Morgan fingerprint density at radius 1 is 1.00 bits per heavy atom. The third-order valence-corrected chi connectivity index (χ3v) is 6.25. The van der Waals surface area contributed by atoms with Gasteiger partial charge in [0.2, 0.25) is 17.7 Å². The highest BCUT2D eigenvalue weighted by atomic mass is 16.3. The van der Waals surface area contributed by atoms with Gasteiger partial charge in [0.15, 0.2) is 5.54 Å². The van der Waals surface area contributed by atoms with E-state index in [1.54, 1.807) is 6.92 Å². The maximum Gasteiger partial charge on any atom is 0.253 e. The minimum absolute atomic E-state index is 0.0311. The fourth-order valence-electron chi connectivity index (χ4n) is 4.14. The number of aliphatic hydroxyl groups excluding tert-OH is 3. The van der Waals surface area contributed by atoms with Gasteiger partial charge in [0.25, 0.3) is 5.91 Å². The van der Waals surface area contributed by atoms with Crippen molar-refractivity contribution in [3.05, 3.63) is 0 Å². The fourth-order valence-corrected chi connectivity index (χ4v) is 4.14. The van der Waals surface area contributed by atoms with Crippen molar-refractivity contribution in [3.63, 3.8) is 0 Å². The predicted octanol–water partition coefficient (Wildman–Crippen LogP) is -4.72. The van der Waals surface area contributed by atoms with E-state index in [0.29, 0.717) is 0 Å². The number of piperazine rings is 1. The zero-order valence-corrected chi connectivity index (χ0v) is 18.5. The van der Waals surface area contributed by atoms with Gasteiger partial charge in [-0.05, 0) is 20.3 Å². The largest absolute Gasteiger partial charge is 0.391 e. The summed E-state index contributed by atoms with van der Waals surface area (Å²) in [6.45, 7) is 3.86. The third-order valence-electron chi connectivity index (χ3n) is 6.25. The number of carbonyl (C=O) groups is 4. The molecule has 0 saturated carbocycles. The van der Waals surface area contributed by atoms with E-state index in [2.05, 4.69) is 0 Å². The van der Waals surface area contributed by atoms with E-state index in [1.807, 2.05) is 0 Å². The zero-order chi connectivity index (χ0) is 24.5. The van der Waals surface area contributed by atoms with Crippen LogP contribution >= 0.6 is 0 Å². The van der Waals surface area contributed by atoms with E-state index >= 15 is 0 Å². The van der Waals surface area contributed by atoms with Crippen LogP contribution in [0.2, 0.25) is 0 Å². The molecule has 2 saturated heterocycles. The second-order valence-electron chi connectivity index (χ2n) is 8.57. The highest BCUT2D eigenvalue weighted by molar-refractivity contribution is 6.01. The summed E-state index contributed by atoms with van der Waals surface area (Å²) in [5, 5.41) is 29.6. The standard InChI is InChI=1S/C19H34N6O7/c1-4-11(28)14(15(22)29)24-8-19(18(24)32)7-23(16(30)12(20)9(2)26)5-6-25(19)17(31)13(21)10(3)27/h9-14,26-28H,4-8,20-21H2,1-3H3,(H2,22,29)/t9-,10-,11-,12+,13+,14+,19?/m1/s1. The van der Waals surface area contributed by atoms with Gasteiger partial charge < -0.3 is 47.2 Å². The number of nitrogens with zero attached hydrogens (tertiary/aromatic N) is 3. The molecule has 0 aromatic carbocycles. The van der Waals surface area contributed by atoms with Gasteiger partial charge in [0.05, 0.1) is 31.4 Å². The lowest BCUT2D eigenvalue weighted by atomic mass is 9.80. The molecule has 0 radical (unpaired) electrons. The lowest BCUT2D eigenvalue weighted by Gasteiger charge is -2.60. The monoisotopic (exact) mass is 458 g/mol. The summed E-state index contributed by atoms with van der Waals surface area (Å²) in [6.07, 6.45) is -3.36. The van der Waals surface area contributed by atoms with Crippen molar-refractivity contribution in [2.24, 2.45) is 17.2 Å². The fraction of sp³-hybridized carbons (Fsp3) is 0.789. The minimum atomic E-state index is -1.56. The summed E-state index contributed by atoms with van der Waals surface area (Å²) in [5.74, 6) is -2.87. The summed E-state index contributed by atoms with van der Waals surface area (Å²) >= 11 is 0. The second-order valence-corrected chi connectivity index (χ2v) is 8.57. The molecule has 4 amide bonds. The number of rotatable bonds is 8. The molecule has 0 aromatic rings. The molecule has 2 aliphatic heterocycles. The van der Waals surface area contributed by atoms with E-state index in [0.717, 1.165) is 4.90 Å². The first-order valence-electron chi connectivity index (χ1n) is 10.6. The zero-order valence-electron chi connectivity index (χ0n) is 18.5. The van der Waals surface area contributed by atoms with Gasteiger partial charge in [0.1, 0.15) is 18.1 Å². The molecule has 182 valence electrons. The van der Waals surface area contributed by atoms with E-state index in [-0.39, 0.29) is 32.6 Å². The van der Waals surface area contributed by atoms with E-state index in [1.165, 1.54) is 23.6 Å². The Labute approximate surface area is 186 Å². The summed E-state index contributed by atoms with van der Waals surface area (Å²) < 4.78 is 0. The van der Waals surface area contributed by atoms with Crippen molar-refractivity contribution in [1.29, 1.82) is 0 Å². The van der Waals surface area contributed by atoms with Crippen LogP contribution in [0.5, 0.6) is 0 Å². The number of aliphatic hydroxyl groups is 3. The average molecular weight is 459 g/mol. The molecule has 7 atom stereocenters. The van der Waals surface area contributed by atoms with Crippen molar-refractivity contribution in [3.8, 4) is 0 Å². The third kappa shape index (κ3) is 4.43. The van der Waals surface area contributed by atoms with Crippen LogP contribution in [0.4, 0.5) is 0 Å². The van der Waals surface area contributed by atoms with Gasteiger partial charge in [-0.3, -0.25) is 19.2 Å². The summed E-state index contributed by atoms with van der Waals surface area (Å²) in [5.41, 5.74) is 15.4. The molecule has 2 aliphatic rings. The molecule has 1 unspecified atom stereocenters. The molecule has 13 heteroatoms. The summed E-state index contributed by atoms with van der Waals surface area (Å²) in [7, 11) is 0. The SMILES string of the molecule is CC[C@@H](O)[C@@H](C(N)=O)N1CC2(CN(C(=O)[C@@H](N)[C@@H](C)O)CCN2C(=O)[C@@H](N)[C@@H](C)O)C1=O. The van der Waals surface area contributed by atoms with Crippen molar-refractivity contribution >= 4 is 23.6 Å². The van der Waals surface area contributed by atoms with Gasteiger partial charge in [-0.1, -0.05) is 6.92 Å².